The van der Waals surface area contributed by atoms with Gasteiger partial charge in [-0.3, -0.25) is 0 Å². The third-order valence-electron chi connectivity index (χ3n) is 4.72. The molecule has 0 heterocycles. The Morgan fingerprint density at radius 1 is 0.893 bits per heavy atom. The van der Waals surface area contributed by atoms with Crippen LogP contribution in [0.5, 0.6) is 5.75 Å². The maximum Gasteiger partial charge on any atom is 0.126 e. The molecule has 0 amide bonds. The molecule has 0 radical (unpaired) electrons. The lowest BCUT2D eigenvalue weighted by atomic mass is 10.1. The van der Waals surface area contributed by atoms with E-state index in [0.29, 0.717) is 0 Å². The van der Waals surface area contributed by atoms with Crippen molar-refractivity contribution in [2.24, 2.45) is 4.99 Å². The van der Waals surface area contributed by atoms with Crippen molar-refractivity contribution in [3.05, 3.63) is 102 Å². The van der Waals surface area contributed by atoms with Crippen LogP contribution >= 0.6 is 11.8 Å². The predicted octanol–water partition coefficient (Wildman–Crippen LogP) is 6.98. The van der Waals surface area contributed by atoms with E-state index in [-0.39, 0.29) is 0 Å². The van der Waals surface area contributed by atoms with E-state index in [1.165, 1.54) is 24.0 Å². The number of para-hydroxylation sites is 1. The zero-order chi connectivity index (χ0) is 19.2. The first-order valence-electron chi connectivity index (χ1n) is 9.60. The Kier molecular flexibility index (Phi) is 5.93. The lowest BCUT2D eigenvalue weighted by molar-refractivity contribution is 0.477. The zero-order valence-electron chi connectivity index (χ0n) is 16.0. The van der Waals surface area contributed by atoms with Gasteiger partial charge >= 0.3 is 0 Å². The number of thioether (sulfide) groups is 1. The number of hydrogen-bond acceptors (Lipinski definition) is 3. The first kappa shape index (κ1) is 18.6. The molecule has 0 saturated carbocycles. The van der Waals surface area contributed by atoms with Gasteiger partial charge in [-0.05, 0) is 73.7 Å². The highest BCUT2D eigenvalue weighted by molar-refractivity contribution is 8.14. The number of hydrogen-bond donors (Lipinski definition) is 0. The summed E-state index contributed by atoms with van der Waals surface area (Å²) < 4.78 is 5.99. The van der Waals surface area contributed by atoms with Crippen LogP contribution in [0.1, 0.15) is 24.5 Å². The van der Waals surface area contributed by atoms with Crippen LogP contribution in [0.15, 0.2) is 101 Å². The van der Waals surface area contributed by atoms with Crippen molar-refractivity contribution in [2.45, 2.75) is 31.1 Å². The SMILES string of the molecule is CC(=COc1ccc2c(c1)CCC2)C(=Nc1ccccc1)Sc1ccccc1. The summed E-state index contributed by atoms with van der Waals surface area (Å²) in [6.45, 7) is 2.05. The molecule has 0 fully saturated rings. The van der Waals surface area contributed by atoms with Crippen LogP contribution < -0.4 is 4.74 Å². The van der Waals surface area contributed by atoms with E-state index < -0.39 is 0 Å². The van der Waals surface area contributed by atoms with Crippen molar-refractivity contribution < 1.29 is 4.74 Å². The van der Waals surface area contributed by atoms with Gasteiger partial charge < -0.3 is 4.74 Å². The molecular weight excluding hydrogens is 362 g/mol. The van der Waals surface area contributed by atoms with E-state index in [4.69, 9.17) is 9.73 Å². The van der Waals surface area contributed by atoms with E-state index in [0.717, 1.165) is 33.4 Å². The first-order valence-corrected chi connectivity index (χ1v) is 10.4. The van der Waals surface area contributed by atoms with Crippen molar-refractivity contribution in [1.82, 2.24) is 0 Å². The van der Waals surface area contributed by atoms with E-state index in [1.807, 2.05) is 61.7 Å². The number of fused-ring (bicyclic) bond motifs is 1. The van der Waals surface area contributed by atoms with Gasteiger partial charge in [0, 0.05) is 10.5 Å². The van der Waals surface area contributed by atoms with Crippen molar-refractivity contribution >= 4 is 22.5 Å². The largest absolute Gasteiger partial charge is 0.465 e. The lowest BCUT2D eigenvalue weighted by Gasteiger charge is -2.09. The minimum atomic E-state index is 0.892. The van der Waals surface area contributed by atoms with Crippen molar-refractivity contribution in [3.8, 4) is 5.75 Å². The summed E-state index contributed by atoms with van der Waals surface area (Å²) in [4.78, 5) is 6.01. The molecule has 0 saturated heterocycles. The summed E-state index contributed by atoms with van der Waals surface area (Å²) in [5, 5.41) is 0.929. The van der Waals surface area contributed by atoms with Crippen LogP contribution in [0.3, 0.4) is 0 Å². The first-order chi connectivity index (χ1) is 13.8. The molecule has 1 aliphatic carbocycles. The smallest absolute Gasteiger partial charge is 0.126 e. The van der Waals surface area contributed by atoms with E-state index in [1.54, 1.807) is 11.8 Å². The third-order valence-corrected chi connectivity index (χ3v) is 5.84. The second-order valence-electron chi connectivity index (χ2n) is 6.87. The fourth-order valence-electron chi connectivity index (χ4n) is 3.24. The molecular formula is C25H23NOS. The standard InChI is InChI=1S/C25H23NOS/c1-19(18-27-23-16-15-20-9-8-10-21(20)17-23)25(26-22-11-4-2-5-12-22)28-24-13-6-3-7-14-24/h2-7,11-18H,8-10H2,1H3. The fraction of sp³-hybridized carbons (Fsp3) is 0.160. The molecule has 0 bridgehead atoms. The van der Waals surface area contributed by atoms with Crippen LogP contribution in [-0.2, 0) is 12.8 Å². The molecule has 0 spiro atoms. The molecule has 3 aromatic carbocycles. The van der Waals surface area contributed by atoms with Crippen LogP contribution in [0.25, 0.3) is 0 Å². The van der Waals surface area contributed by atoms with Crippen molar-refractivity contribution in [3.63, 3.8) is 0 Å². The number of aliphatic imine (C=N–C) groups is 1. The molecule has 2 nitrogen and oxygen atoms in total. The van der Waals surface area contributed by atoms with Gasteiger partial charge in [-0.2, -0.15) is 0 Å². The lowest BCUT2D eigenvalue weighted by Crippen LogP contribution is -1.97. The number of benzene rings is 3. The van der Waals surface area contributed by atoms with Gasteiger partial charge in [0.2, 0.25) is 0 Å². The molecule has 0 unspecified atom stereocenters. The van der Waals surface area contributed by atoms with Crippen molar-refractivity contribution in [1.29, 1.82) is 0 Å². The molecule has 0 aliphatic heterocycles. The second kappa shape index (κ2) is 8.94. The van der Waals surface area contributed by atoms with Gasteiger partial charge in [0.1, 0.15) is 10.8 Å². The highest BCUT2D eigenvalue weighted by Crippen LogP contribution is 2.28. The average molecular weight is 386 g/mol. The summed E-state index contributed by atoms with van der Waals surface area (Å²) in [6, 6.07) is 26.8. The molecule has 28 heavy (non-hydrogen) atoms. The molecule has 3 aromatic rings. The maximum atomic E-state index is 5.99. The van der Waals surface area contributed by atoms with E-state index >= 15 is 0 Å². The molecule has 0 atom stereocenters. The van der Waals surface area contributed by atoms with E-state index in [9.17, 15) is 0 Å². The van der Waals surface area contributed by atoms with Crippen LogP contribution in [0, 0.1) is 0 Å². The van der Waals surface area contributed by atoms with Crippen molar-refractivity contribution in [2.75, 3.05) is 0 Å². The van der Waals surface area contributed by atoms with Crippen LogP contribution in [0.4, 0.5) is 5.69 Å². The Balaban J connectivity index is 1.57. The highest BCUT2D eigenvalue weighted by atomic mass is 32.2. The predicted molar refractivity (Wildman–Crippen MR) is 119 cm³/mol. The summed E-state index contributed by atoms with van der Waals surface area (Å²) in [6.07, 6.45) is 5.40. The van der Waals surface area contributed by atoms with Crippen LogP contribution in [0.2, 0.25) is 0 Å². The zero-order valence-corrected chi connectivity index (χ0v) is 16.8. The fourth-order valence-corrected chi connectivity index (χ4v) is 4.12. The maximum absolute atomic E-state index is 5.99. The molecule has 0 aromatic heterocycles. The molecule has 3 heteroatoms. The van der Waals surface area contributed by atoms with Gasteiger partial charge in [-0.25, -0.2) is 4.99 Å². The normalized spacial score (nSPS) is 14.0. The second-order valence-corrected chi connectivity index (χ2v) is 7.93. The monoisotopic (exact) mass is 385 g/mol. The molecule has 140 valence electrons. The Labute approximate surface area is 171 Å². The van der Waals surface area contributed by atoms with Gasteiger partial charge in [0.25, 0.3) is 0 Å². The van der Waals surface area contributed by atoms with Gasteiger partial charge in [0.05, 0.1) is 11.9 Å². The number of nitrogens with zero attached hydrogens (tertiary/aromatic N) is 1. The summed E-state index contributed by atoms with van der Waals surface area (Å²) in [5.41, 5.74) is 4.81. The van der Waals surface area contributed by atoms with E-state index in [2.05, 4.69) is 30.3 Å². The van der Waals surface area contributed by atoms with Gasteiger partial charge in [0.15, 0.2) is 0 Å². The minimum Gasteiger partial charge on any atom is -0.465 e. The Morgan fingerprint density at radius 3 is 2.39 bits per heavy atom. The third kappa shape index (κ3) is 4.73. The topological polar surface area (TPSA) is 21.6 Å². The number of rotatable bonds is 5. The Bertz CT molecular complexity index is 994. The molecule has 4 rings (SSSR count). The summed E-state index contributed by atoms with van der Waals surface area (Å²) >= 11 is 1.65. The number of ether oxygens (including phenoxy) is 1. The average Bonchev–Trinajstić information content (AvgIpc) is 3.21. The highest BCUT2D eigenvalue weighted by Gasteiger charge is 2.11. The summed E-state index contributed by atoms with van der Waals surface area (Å²) in [7, 11) is 0. The molecule has 0 N–H and O–H groups in total. The summed E-state index contributed by atoms with van der Waals surface area (Å²) in [5.74, 6) is 0.892. The van der Waals surface area contributed by atoms with Crippen LogP contribution in [-0.4, -0.2) is 5.04 Å². The molecule has 1 aliphatic rings. The van der Waals surface area contributed by atoms with Gasteiger partial charge in [-0.1, -0.05) is 54.2 Å². The number of aryl methyl sites for hydroxylation is 2. The van der Waals surface area contributed by atoms with Gasteiger partial charge in [-0.15, -0.1) is 0 Å². The Hall–Kier alpha value is -2.78. The Morgan fingerprint density at radius 2 is 1.61 bits per heavy atom. The minimum absolute atomic E-state index is 0.892. The quantitative estimate of drug-likeness (QED) is 0.204.